The van der Waals surface area contributed by atoms with Gasteiger partial charge in [0.15, 0.2) is 5.96 Å². The maximum atomic E-state index is 10.4. The fourth-order valence-electron chi connectivity index (χ4n) is 3.31. The molecule has 0 amide bonds. The van der Waals surface area contributed by atoms with Crippen LogP contribution in [0.1, 0.15) is 49.5 Å². The maximum Gasteiger partial charge on any atom is 0.191 e. The number of aliphatic hydroxyl groups is 1. The van der Waals surface area contributed by atoms with Gasteiger partial charge in [0, 0.05) is 19.0 Å². The second kappa shape index (κ2) is 12.0. The van der Waals surface area contributed by atoms with Crippen molar-refractivity contribution in [1.29, 1.82) is 0 Å². The van der Waals surface area contributed by atoms with Crippen LogP contribution in [0, 0.1) is 0 Å². The molecule has 3 rings (SSSR count). The molecular weight excluding hydrogens is 453 g/mol. The molecule has 0 saturated heterocycles. The van der Waals surface area contributed by atoms with Crippen LogP contribution in [-0.2, 0) is 6.42 Å². The Labute approximate surface area is 178 Å². The fraction of sp³-hybridized carbons (Fsp3) is 0.476. The summed E-state index contributed by atoms with van der Waals surface area (Å²) < 4.78 is 5.38. The molecule has 5 nitrogen and oxygen atoms in total. The van der Waals surface area contributed by atoms with Gasteiger partial charge in [0.2, 0.25) is 0 Å². The molecular formula is C21H30IN3O2. The summed E-state index contributed by atoms with van der Waals surface area (Å²) in [5.74, 6) is 1.73. The van der Waals surface area contributed by atoms with Crippen molar-refractivity contribution in [3.63, 3.8) is 0 Å². The summed E-state index contributed by atoms with van der Waals surface area (Å²) in [6, 6.07) is 14.0. The number of halogens is 1. The van der Waals surface area contributed by atoms with Crippen molar-refractivity contribution >= 4 is 29.9 Å². The van der Waals surface area contributed by atoms with E-state index in [9.17, 15) is 5.11 Å². The van der Waals surface area contributed by atoms with Crippen LogP contribution in [0.4, 0.5) is 0 Å². The third-order valence-electron chi connectivity index (χ3n) is 4.80. The average molecular weight is 483 g/mol. The van der Waals surface area contributed by atoms with E-state index in [0.29, 0.717) is 12.6 Å². The quantitative estimate of drug-likeness (QED) is 0.316. The Balaban J connectivity index is 0.00000261. The number of nitrogens with one attached hydrogen (secondary N) is 2. The molecule has 148 valence electrons. The lowest BCUT2D eigenvalue weighted by Crippen LogP contribution is -2.45. The molecule has 1 fully saturated rings. The van der Waals surface area contributed by atoms with Crippen molar-refractivity contribution in [3.8, 4) is 0 Å². The first kappa shape index (κ1) is 21.8. The molecule has 1 heterocycles. The molecule has 1 aliphatic rings. The molecule has 1 atom stereocenters. The lowest BCUT2D eigenvalue weighted by molar-refractivity contribution is 0.187. The standard InChI is InChI=1S/C21H29N3O2.HI/c25-20(17-8-3-1-4-9-17)16-23-21(24-18-10-5-2-6-11-18)22-14-13-19-12-7-15-26-19;/h1,3-4,7-9,12,15,18,20,25H,2,5-6,10-11,13-14,16H2,(H2,22,23,24);1H. The molecule has 2 aromatic rings. The zero-order valence-corrected chi connectivity index (χ0v) is 18.0. The zero-order chi connectivity index (χ0) is 18.0. The van der Waals surface area contributed by atoms with Crippen LogP contribution in [0.15, 0.2) is 58.1 Å². The van der Waals surface area contributed by atoms with E-state index >= 15 is 0 Å². The number of aliphatic imine (C=N–C) groups is 1. The third kappa shape index (κ3) is 7.54. The van der Waals surface area contributed by atoms with Gasteiger partial charge in [-0.15, -0.1) is 24.0 Å². The van der Waals surface area contributed by atoms with Crippen molar-refractivity contribution in [2.24, 2.45) is 4.99 Å². The topological polar surface area (TPSA) is 69.8 Å². The number of benzene rings is 1. The van der Waals surface area contributed by atoms with Crippen LogP contribution in [0.3, 0.4) is 0 Å². The number of rotatable bonds is 7. The first-order valence-electron chi connectivity index (χ1n) is 9.61. The minimum atomic E-state index is -0.591. The molecule has 0 bridgehead atoms. The summed E-state index contributed by atoms with van der Waals surface area (Å²) in [5, 5.41) is 17.3. The first-order chi connectivity index (χ1) is 12.8. The molecule has 0 aliphatic heterocycles. The normalized spacial score (nSPS) is 16.4. The van der Waals surface area contributed by atoms with E-state index in [2.05, 4.69) is 15.6 Å². The van der Waals surface area contributed by atoms with Gasteiger partial charge in [-0.1, -0.05) is 49.6 Å². The summed E-state index contributed by atoms with van der Waals surface area (Å²) in [4.78, 5) is 4.63. The minimum absolute atomic E-state index is 0. The predicted molar refractivity (Wildman–Crippen MR) is 120 cm³/mol. The Morgan fingerprint density at radius 2 is 1.89 bits per heavy atom. The number of aliphatic hydroxyl groups excluding tert-OH is 1. The van der Waals surface area contributed by atoms with Crippen molar-refractivity contribution in [1.82, 2.24) is 10.6 Å². The maximum absolute atomic E-state index is 10.4. The van der Waals surface area contributed by atoms with Crippen LogP contribution in [0.5, 0.6) is 0 Å². The minimum Gasteiger partial charge on any atom is -0.469 e. The van der Waals surface area contributed by atoms with E-state index in [1.54, 1.807) is 6.26 Å². The fourth-order valence-corrected chi connectivity index (χ4v) is 3.31. The van der Waals surface area contributed by atoms with Crippen LogP contribution in [0.25, 0.3) is 0 Å². The van der Waals surface area contributed by atoms with Gasteiger partial charge in [0.05, 0.1) is 18.9 Å². The molecule has 0 radical (unpaired) electrons. The van der Waals surface area contributed by atoms with E-state index in [4.69, 9.17) is 4.42 Å². The Hall–Kier alpha value is -1.54. The van der Waals surface area contributed by atoms with Crippen molar-refractivity contribution in [3.05, 3.63) is 60.1 Å². The molecule has 1 unspecified atom stereocenters. The zero-order valence-electron chi connectivity index (χ0n) is 15.6. The number of guanidine groups is 1. The van der Waals surface area contributed by atoms with Gasteiger partial charge in [-0.3, -0.25) is 4.99 Å². The van der Waals surface area contributed by atoms with Crippen molar-refractivity contribution < 1.29 is 9.52 Å². The van der Waals surface area contributed by atoms with E-state index in [1.807, 2.05) is 42.5 Å². The third-order valence-corrected chi connectivity index (χ3v) is 4.80. The highest BCUT2D eigenvalue weighted by Gasteiger charge is 2.15. The summed E-state index contributed by atoms with van der Waals surface area (Å²) >= 11 is 0. The number of hydrogen-bond acceptors (Lipinski definition) is 3. The lowest BCUT2D eigenvalue weighted by atomic mass is 9.96. The van der Waals surface area contributed by atoms with Crippen LogP contribution in [-0.4, -0.2) is 30.2 Å². The molecule has 3 N–H and O–H groups in total. The highest BCUT2D eigenvalue weighted by atomic mass is 127. The Bertz CT molecular complexity index is 655. The van der Waals surface area contributed by atoms with Crippen LogP contribution < -0.4 is 10.6 Å². The molecule has 0 spiro atoms. The highest BCUT2D eigenvalue weighted by Crippen LogP contribution is 2.17. The Kier molecular flexibility index (Phi) is 9.69. The summed E-state index contributed by atoms with van der Waals surface area (Å²) in [5.41, 5.74) is 0.892. The molecule has 1 aromatic heterocycles. The Morgan fingerprint density at radius 3 is 2.59 bits per heavy atom. The lowest BCUT2D eigenvalue weighted by Gasteiger charge is -2.25. The number of hydrogen-bond donors (Lipinski definition) is 3. The summed E-state index contributed by atoms with van der Waals surface area (Å²) in [7, 11) is 0. The highest BCUT2D eigenvalue weighted by molar-refractivity contribution is 14.0. The Morgan fingerprint density at radius 1 is 1.11 bits per heavy atom. The van der Waals surface area contributed by atoms with Gasteiger partial charge < -0.3 is 20.2 Å². The number of nitrogens with zero attached hydrogens (tertiary/aromatic N) is 1. The van der Waals surface area contributed by atoms with Crippen molar-refractivity contribution in [2.45, 2.75) is 50.7 Å². The van der Waals surface area contributed by atoms with Crippen LogP contribution in [0.2, 0.25) is 0 Å². The summed E-state index contributed by atoms with van der Waals surface area (Å²) in [6.45, 7) is 1.08. The number of furan rings is 1. The predicted octanol–water partition coefficient (Wildman–Crippen LogP) is 4.04. The van der Waals surface area contributed by atoms with E-state index in [1.165, 1.54) is 32.1 Å². The molecule has 1 aromatic carbocycles. The second-order valence-corrected chi connectivity index (χ2v) is 6.85. The largest absolute Gasteiger partial charge is 0.469 e. The monoisotopic (exact) mass is 483 g/mol. The molecule has 27 heavy (non-hydrogen) atoms. The van der Waals surface area contributed by atoms with Crippen molar-refractivity contribution in [2.75, 3.05) is 13.1 Å². The molecule has 1 aliphatic carbocycles. The van der Waals surface area contributed by atoms with Gasteiger partial charge in [-0.2, -0.15) is 0 Å². The van der Waals surface area contributed by atoms with E-state index in [-0.39, 0.29) is 24.0 Å². The molecule has 6 heteroatoms. The van der Waals surface area contributed by atoms with Crippen LogP contribution >= 0.6 is 24.0 Å². The van der Waals surface area contributed by atoms with Gasteiger partial charge in [-0.05, 0) is 30.5 Å². The van der Waals surface area contributed by atoms with E-state index in [0.717, 1.165) is 30.2 Å². The van der Waals surface area contributed by atoms with Gasteiger partial charge in [-0.25, -0.2) is 0 Å². The van der Waals surface area contributed by atoms with Gasteiger partial charge >= 0.3 is 0 Å². The molecule has 1 saturated carbocycles. The van der Waals surface area contributed by atoms with E-state index < -0.39 is 6.10 Å². The summed E-state index contributed by atoms with van der Waals surface area (Å²) in [6.07, 6.45) is 8.13. The first-order valence-corrected chi connectivity index (χ1v) is 9.61. The average Bonchev–Trinajstić information content (AvgIpc) is 3.21. The smallest absolute Gasteiger partial charge is 0.191 e. The van der Waals surface area contributed by atoms with Gasteiger partial charge in [0.1, 0.15) is 5.76 Å². The second-order valence-electron chi connectivity index (χ2n) is 6.85. The SMILES string of the molecule is I.OC(CN=C(NCCc1ccco1)NC1CCCCC1)c1ccccc1. The van der Waals surface area contributed by atoms with Gasteiger partial charge in [0.25, 0.3) is 0 Å².